The number of rotatable bonds is 8. The van der Waals surface area contributed by atoms with Crippen LogP contribution in [0.1, 0.15) is 65.5 Å². The highest BCUT2D eigenvalue weighted by Gasteiger charge is 2.06. The summed E-state index contributed by atoms with van der Waals surface area (Å²) in [6.07, 6.45) is 0.953. The van der Waals surface area contributed by atoms with E-state index in [9.17, 15) is 4.39 Å². The lowest BCUT2D eigenvalue weighted by Crippen LogP contribution is -2.07. The van der Waals surface area contributed by atoms with Gasteiger partial charge in [-0.1, -0.05) is 58.4 Å². The van der Waals surface area contributed by atoms with Crippen LogP contribution in [0.4, 0.5) is 4.39 Å². The van der Waals surface area contributed by atoms with Crippen molar-refractivity contribution in [3.63, 3.8) is 0 Å². The summed E-state index contributed by atoms with van der Waals surface area (Å²) in [5.74, 6) is 1.65. The average molecular weight is 441 g/mol. The molecule has 0 spiro atoms. The highest BCUT2D eigenvalue weighted by Crippen LogP contribution is 2.28. The van der Waals surface area contributed by atoms with Gasteiger partial charge in [-0.2, -0.15) is 0 Å². The van der Waals surface area contributed by atoms with E-state index in [0.29, 0.717) is 24.9 Å². The molecule has 0 atom stereocenters. The van der Waals surface area contributed by atoms with E-state index in [-0.39, 0.29) is 11.9 Å². The van der Waals surface area contributed by atoms with Gasteiger partial charge >= 0.3 is 0 Å². The maximum atomic E-state index is 12.9. The summed E-state index contributed by atoms with van der Waals surface area (Å²) in [7, 11) is 1.65. The summed E-state index contributed by atoms with van der Waals surface area (Å²) >= 11 is 6.13. The lowest BCUT2D eigenvalue weighted by atomic mass is 10.0. The standard InChI is InChI=1S/C12H17ClO2.C11H15FO.C2H6/c1-9(2)11-5-4-10(8-12(11)13)15-7-6-14-3;1-4-9-5-6-10(12)7-11(9)13-8(2)3;1-2/h4-5,8-9H,6-7H2,1-3H3;5-8H,4H2,1-3H3;1-2H3. The zero-order valence-electron chi connectivity index (χ0n) is 19.7. The Hall–Kier alpha value is -1.78. The van der Waals surface area contributed by atoms with Crippen LogP contribution in [-0.4, -0.2) is 26.4 Å². The van der Waals surface area contributed by atoms with Crippen LogP contribution in [0.2, 0.25) is 5.02 Å². The van der Waals surface area contributed by atoms with Gasteiger partial charge in [0.15, 0.2) is 0 Å². The molecule has 30 heavy (non-hydrogen) atoms. The Balaban J connectivity index is 0.000000522. The molecule has 0 aliphatic carbocycles. The molecule has 0 N–H and O–H groups in total. The summed E-state index contributed by atoms with van der Waals surface area (Å²) in [6, 6.07) is 10.5. The fourth-order valence-corrected chi connectivity index (χ4v) is 2.88. The Morgan fingerprint density at radius 2 is 1.63 bits per heavy atom. The minimum absolute atomic E-state index is 0.0899. The molecular formula is C25H38ClFO3. The lowest BCUT2D eigenvalue weighted by molar-refractivity contribution is 0.146. The van der Waals surface area contributed by atoms with E-state index in [0.717, 1.165) is 28.3 Å². The quantitative estimate of drug-likeness (QED) is 0.393. The molecular weight excluding hydrogens is 403 g/mol. The van der Waals surface area contributed by atoms with Gasteiger partial charge in [0.25, 0.3) is 0 Å². The molecule has 0 aliphatic heterocycles. The molecule has 5 heteroatoms. The Kier molecular flexibility index (Phi) is 15.0. The normalized spacial score (nSPS) is 10.1. The second-order valence-corrected chi connectivity index (χ2v) is 7.36. The third kappa shape index (κ3) is 10.8. The van der Waals surface area contributed by atoms with Crippen LogP contribution < -0.4 is 9.47 Å². The highest BCUT2D eigenvalue weighted by molar-refractivity contribution is 6.31. The second-order valence-electron chi connectivity index (χ2n) is 6.95. The van der Waals surface area contributed by atoms with E-state index < -0.39 is 0 Å². The zero-order valence-corrected chi connectivity index (χ0v) is 20.5. The topological polar surface area (TPSA) is 27.7 Å². The molecule has 0 radical (unpaired) electrons. The third-order valence-corrected chi connectivity index (χ3v) is 4.25. The molecule has 0 bridgehead atoms. The Morgan fingerprint density at radius 1 is 0.967 bits per heavy atom. The van der Waals surface area contributed by atoms with Crippen LogP contribution in [0.25, 0.3) is 0 Å². The van der Waals surface area contributed by atoms with E-state index >= 15 is 0 Å². The van der Waals surface area contributed by atoms with E-state index in [1.807, 2.05) is 52.8 Å². The van der Waals surface area contributed by atoms with Crippen molar-refractivity contribution in [2.24, 2.45) is 0 Å². The van der Waals surface area contributed by atoms with Crippen LogP contribution in [0.3, 0.4) is 0 Å². The minimum atomic E-state index is -0.243. The molecule has 0 fully saturated rings. The van der Waals surface area contributed by atoms with E-state index in [2.05, 4.69) is 13.8 Å². The summed E-state index contributed by atoms with van der Waals surface area (Å²) in [5.41, 5.74) is 2.20. The number of halogens is 2. The zero-order chi connectivity index (χ0) is 23.1. The SMILES string of the molecule is CC.CCc1ccc(F)cc1OC(C)C.COCCOc1ccc(C(C)C)c(Cl)c1. The first-order valence-corrected chi connectivity index (χ1v) is 11.0. The maximum absolute atomic E-state index is 12.9. The summed E-state index contributed by atoms with van der Waals surface area (Å²) in [4.78, 5) is 0. The van der Waals surface area contributed by atoms with Gasteiger partial charge in [-0.3, -0.25) is 0 Å². The van der Waals surface area contributed by atoms with E-state index in [4.69, 9.17) is 25.8 Å². The number of benzene rings is 2. The number of ether oxygens (including phenoxy) is 3. The first-order chi connectivity index (χ1) is 14.3. The van der Waals surface area contributed by atoms with Crippen molar-refractivity contribution in [1.29, 1.82) is 0 Å². The van der Waals surface area contributed by atoms with Gasteiger partial charge in [0.05, 0.1) is 12.7 Å². The number of hydrogen-bond acceptors (Lipinski definition) is 3. The lowest BCUT2D eigenvalue weighted by Gasteiger charge is -2.13. The first kappa shape index (κ1) is 28.2. The fourth-order valence-electron chi connectivity index (χ4n) is 2.49. The largest absolute Gasteiger partial charge is 0.491 e. The van der Waals surface area contributed by atoms with Gasteiger partial charge in [0.1, 0.15) is 23.9 Å². The Morgan fingerprint density at radius 3 is 2.13 bits per heavy atom. The van der Waals surface area contributed by atoms with Crippen LogP contribution in [0.15, 0.2) is 36.4 Å². The van der Waals surface area contributed by atoms with Crippen LogP contribution in [0.5, 0.6) is 11.5 Å². The minimum Gasteiger partial charge on any atom is -0.491 e. The molecule has 2 aromatic rings. The van der Waals surface area contributed by atoms with Crippen molar-refractivity contribution in [3.8, 4) is 11.5 Å². The van der Waals surface area contributed by atoms with Gasteiger partial charge < -0.3 is 14.2 Å². The molecule has 2 aromatic carbocycles. The van der Waals surface area contributed by atoms with Crippen LogP contribution in [0, 0.1) is 5.82 Å². The van der Waals surface area contributed by atoms with Gasteiger partial charge in [-0.15, -0.1) is 0 Å². The van der Waals surface area contributed by atoms with Crippen LogP contribution in [-0.2, 0) is 11.2 Å². The van der Waals surface area contributed by atoms with Crippen molar-refractivity contribution >= 4 is 11.6 Å². The third-order valence-electron chi connectivity index (χ3n) is 3.92. The molecule has 0 aliphatic rings. The second kappa shape index (κ2) is 16.0. The van der Waals surface area contributed by atoms with Crippen molar-refractivity contribution < 1.29 is 18.6 Å². The van der Waals surface area contributed by atoms with E-state index in [1.165, 1.54) is 12.1 Å². The van der Waals surface area contributed by atoms with Crippen molar-refractivity contribution in [2.45, 2.75) is 66.9 Å². The molecule has 0 heterocycles. The van der Waals surface area contributed by atoms with Gasteiger partial charge in [0.2, 0.25) is 0 Å². The van der Waals surface area contributed by atoms with Crippen molar-refractivity contribution in [2.75, 3.05) is 20.3 Å². The van der Waals surface area contributed by atoms with Crippen LogP contribution >= 0.6 is 11.6 Å². The number of aryl methyl sites for hydroxylation is 1. The van der Waals surface area contributed by atoms with E-state index in [1.54, 1.807) is 13.2 Å². The molecule has 0 saturated carbocycles. The average Bonchev–Trinajstić information content (AvgIpc) is 2.70. The molecule has 0 saturated heterocycles. The molecule has 170 valence electrons. The smallest absolute Gasteiger partial charge is 0.126 e. The van der Waals surface area contributed by atoms with Crippen molar-refractivity contribution in [1.82, 2.24) is 0 Å². The number of hydrogen-bond donors (Lipinski definition) is 0. The predicted molar refractivity (Wildman–Crippen MR) is 126 cm³/mol. The Labute approximate surface area is 187 Å². The van der Waals surface area contributed by atoms with Gasteiger partial charge in [-0.05, 0) is 55.5 Å². The molecule has 0 amide bonds. The monoisotopic (exact) mass is 440 g/mol. The van der Waals surface area contributed by atoms with Gasteiger partial charge in [0, 0.05) is 18.2 Å². The summed E-state index contributed by atoms with van der Waals surface area (Å²) in [5, 5.41) is 0.764. The molecule has 0 aromatic heterocycles. The van der Waals surface area contributed by atoms with Gasteiger partial charge in [-0.25, -0.2) is 4.39 Å². The highest BCUT2D eigenvalue weighted by atomic mass is 35.5. The number of methoxy groups -OCH3 is 1. The fraction of sp³-hybridized carbons (Fsp3) is 0.520. The molecule has 3 nitrogen and oxygen atoms in total. The Bertz CT molecular complexity index is 718. The van der Waals surface area contributed by atoms with Crippen molar-refractivity contribution in [3.05, 3.63) is 58.4 Å². The summed E-state index contributed by atoms with van der Waals surface area (Å²) < 4.78 is 28.7. The molecule has 0 unspecified atom stereocenters. The predicted octanol–water partition coefficient (Wildman–Crippen LogP) is 7.69. The molecule has 2 rings (SSSR count). The summed E-state index contributed by atoms with van der Waals surface area (Å²) in [6.45, 7) is 15.3. The maximum Gasteiger partial charge on any atom is 0.126 e. The first-order valence-electron chi connectivity index (χ1n) is 10.6.